The summed E-state index contributed by atoms with van der Waals surface area (Å²) in [6.45, 7) is 3.86. The first-order chi connectivity index (χ1) is 13.2. The monoisotopic (exact) mass is 458 g/mol. The Bertz CT molecular complexity index is 821. The maximum Gasteiger partial charge on any atom is 0.224 e. The van der Waals surface area contributed by atoms with Crippen molar-refractivity contribution in [1.29, 1.82) is 0 Å². The molecule has 0 spiro atoms. The number of hydrogen-bond acceptors (Lipinski definition) is 4. The molecule has 29 heavy (non-hydrogen) atoms. The number of amides is 1. The van der Waals surface area contributed by atoms with E-state index in [4.69, 9.17) is 16.6 Å². The number of benzene rings is 1. The van der Waals surface area contributed by atoms with Gasteiger partial charge in [-0.05, 0) is 43.0 Å². The van der Waals surface area contributed by atoms with Crippen LogP contribution in [-0.4, -0.2) is 37.1 Å². The number of fused-ring (bicyclic) bond motifs is 1. The van der Waals surface area contributed by atoms with Gasteiger partial charge in [-0.15, -0.1) is 24.8 Å². The molecule has 1 aliphatic heterocycles. The van der Waals surface area contributed by atoms with Gasteiger partial charge in [-0.3, -0.25) is 4.79 Å². The molecule has 1 saturated carbocycles. The van der Waals surface area contributed by atoms with Crippen LogP contribution in [0.4, 0.5) is 11.5 Å². The maximum absolute atomic E-state index is 12.6. The van der Waals surface area contributed by atoms with Crippen molar-refractivity contribution in [3.63, 3.8) is 0 Å². The van der Waals surface area contributed by atoms with E-state index in [2.05, 4.69) is 15.5 Å². The SMILES string of the molecule is Cl.Cl.O=C(CC1CCCCC1)Nc1c(Cl)ccc2nc(N3CCNCC3)ccc12. The highest BCUT2D eigenvalue weighted by molar-refractivity contribution is 6.35. The van der Waals surface area contributed by atoms with Crippen molar-refractivity contribution < 1.29 is 4.79 Å². The molecule has 1 amide bonds. The smallest absolute Gasteiger partial charge is 0.224 e. The zero-order valence-corrected chi connectivity index (χ0v) is 18.8. The fraction of sp³-hybridized carbons (Fsp3) is 0.524. The van der Waals surface area contributed by atoms with Crippen LogP contribution in [0.2, 0.25) is 5.02 Å². The Morgan fingerprint density at radius 2 is 1.83 bits per heavy atom. The van der Waals surface area contributed by atoms with E-state index in [9.17, 15) is 4.79 Å². The standard InChI is InChI=1S/C21H27ClN4O.2ClH/c22-17-7-8-18-16(6-9-19(24-18)26-12-10-23-11-13-26)21(17)25-20(27)14-15-4-2-1-3-5-15;;/h6-9,15,23H,1-5,10-14H2,(H,25,27);2*1H. The summed E-state index contributed by atoms with van der Waals surface area (Å²) in [7, 11) is 0. The molecular formula is C21H29Cl3N4O. The van der Waals surface area contributed by atoms with E-state index in [0.29, 0.717) is 23.0 Å². The van der Waals surface area contributed by atoms with Crippen LogP contribution in [0.15, 0.2) is 24.3 Å². The molecule has 1 aliphatic carbocycles. The van der Waals surface area contributed by atoms with Crippen LogP contribution >= 0.6 is 36.4 Å². The quantitative estimate of drug-likeness (QED) is 0.672. The van der Waals surface area contributed by atoms with Gasteiger partial charge in [0.2, 0.25) is 5.91 Å². The Kier molecular flexibility index (Phi) is 9.28. The number of piperazine rings is 1. The van der Waals surface area contributed by atoms with E-state index < -0.39 is 0 Å². The van der Waals surface area contributed by atoms with E-state index in [-0.39, 0.29) is 30.7 Å². The minimum absolute atomic E-state index is 0. The molecule has 5 nitrogen and oxygen atoms in total. The molecule has 1 saturated heterocycles. The fourth-order valence-corrected chi connectivity index (χ4v) is 4.42. The predicted octanol–water partition coefficient (Wildman–Crippen LogP) is 5.05. The molecule has 0 radical (unpaired) electrons. The van der Waals surface area contributed by atoms with Crippen molar-refractivity contribution in [2.45, 2.75) is 38.5 Å². The number of aromatic nitrogens is 1. The maximum atomic E-state index is 12.6. The number of halogens is 3. The number of pyridine rings is 1. The van der Waals surface area contributed by atoms with Crippen molar-refractivity contribution in [1.82, 2.24) is 10.3 Å². The molecule has 1 aromatic heterocycles. The minimum atomic E-state index is 0. The summed E-state index contributed by atoms with van der Waals surface area (Å²) < 4.78 is 0. The van der Waals surface area contributed by atoms with Crippen LogP contribution in [-0.2, 0) is 4.79 Å². The topological polar surface area (TPSA) is 57.3 Å². The molecule has 4 rings (SSSR count). The molecule has 8 heteroatoms. The van der Waals surface area contributed by atoms with Crippen LogP contribution in [0.5, 0.6) is 0 Å². The summed E-state index contributed by atoms with van der Waals surface area (Å²) in [5.41, 5.74) is 1.55. The highest BCUT2D eigenvalue weighted by Crippen LogP contribution is 2.33. The lowest BCUT2D eigenvalue weighted by molar-refractivity contribution is -0.117. The Hall–Kier alpha value is -1.27. The second-order valence-corrected chi connectivity index (χ2v) is 8.06. The largest absolute Gasteiger partial charge is 0.354 e. The molecule has 2 aromatic rings. The second-order valence-electron chi connectivity index (χ2n) is 7.65. The molecule has 160 valence electrons. The van der Waals surface area contributed by atoms with Crippen LogP contribution in [0.1, 0.15) is 38.5 Å². The number of carbonyl (C=O) groups is 1. The normalized spacial score (nSPS) is 17.3. The zero-order valence-electron chi connectivity index (χ0n) is 16.5. The number of carbonyl (C=O) groups excluding carboxylic acids is 1. The third-order valence-electron chi connectivity index (χ3n) is 5.71. The highest BCUT2D eigenvalue weighted by atomic mass is 35.5. The lowest BCUT2D eigenvalue weighted by Crippen LogP contribution is -2.43. The average Bonchev–Trinajstić information content (AvgIpc) is 2.71. The first-order valence-electron chi connectivity index (χ1n) is 10.1. The summed E-state index contributed by atoms with van der Waals surface area (Å²) >= 11 is 6.42. The molecule has 2 heterocycles. The zero-order chi connectivity index (χ0) is 18.6. The van der Waals surface area contributed by atoms with Gasteiger partial charge in [-0.1, -0.05) is 30.9 Å². The number of nitrogens with zero attached hydrogens (tertiary/aromatic N) is 2. The summed E-state index contributed by atoms with van der Waals surface area (Å²) in [5.74, 6) is 1.54. The van der Waals surface area contributed by atoms with Gasteiger partial charge in [0, 0.05) is 38.0 Å². The second kappa shape index (κ2) is 11.2. The lowest BCUT2D eigenvalue weighted by atomic mass is 9.87. The molecule has 1 aromatic carbocycles. The van der Waals surface area contributed by atoms with E-state index in [1.54, 1.807) is 0 Å². The molecule has 2 N–H and O–H groups in total. The van der Waals surface area contributed by atoms with Gasteiger partial charge in [0.05, 0.1) is 16.2 Å². The third-order valence-corrected chi connectivity index (χ3v) is 6.02. The van der Waals surface area contributed by atoms with Gasteiger partial charge < -0.3 is 15.5 Å². The van der Waals surface area contributed by atoms with Gasteiger partial charge in [0.1, 0.15) is 5.82 Å². The number of hydrogen-bond donors (Lipinski definition) is 2. The van der Waals surface area contributed by atoms with Crippen LogP contribution in [0, 0.1) is 5.92 Å². The van der Waals surface area contributed by atoms with Crippen molar-refractivity contribution in [2.75, 3.05) is 36.4 Å². The van der Waals surface area contributed by atoms with Gasteiger partial charge in [0.25, 0.3) is 0 Å². The molecule has 0 atom stereocenters. The fourth-order valence-electron chi connectivity index (χ4n) is 4.21. The Labute approximate surface area is 189 Å². The summed E-state index contributed by atoms with van der Waals surface area (Å²) in [5, 5.41) is 7.89. The number of nitrogens with one attached hydrogen (secondary N) is 2. The molecule has 2 aliphatic rings. The van der Waals surface area contributed by atoms with Crippen LogP contribution < -0.4 is 15.5 Å². The van der Waals surface area contributed by atoms with Crippen LogP contribution in [0.3, 0.4) is 0 Å². The predicted molar refractivity (Wildman–Crippen MR) is 126 cm³/mol. The Balaban J connectivity index is 0.00000150. The summed E-state index contributed by atoms with van der Waals surface area (Å²) in [6, 6.07) is 7.82. The Morgan fingerprint density at radius 1 is 1.10 bits per heavy atom. The van der Waals surface area contributed by atoms with E-state index in [1.165, 1.54) is 19.3 Å². The minimum Gasteiger partial charge on any atom is -0.354 e. The van der Waals surface area contributed by atoms with Gasteiger partial charge in [-0.2, -0.15) is 0 Å². The molecule has 0 unspecified atom stereocenters. The summed E-state index contributed by atoms with van der Waals surface area (Å²) in [4.78, 5) is 19.7. The molecule has 2 fully saturated rings. The van der Waals surface area contributed by atoms with Gasteiger partial charge in [-0.25, -0.2) is 4.98 Å². The van der Waals surface area contributed by atoms with E-state index >= 15 is 0 Å². The van der Waals surface area contributed by atoms with Crippen molar-refractivity contribution in [2.24, 2.45) is 5.92 Å². The Morgan fingerprint density at radius 3 is 2.55 bits per heavy atom. The number of anilines is 2. The van der Waals surface area contributed by atoms with Crippen molar-refractivity contribution in [3.8, 4) is 0 Å². The lowest BCUT2D eigenvalue weighted by Gasteiger charge is -2.28. The van der Waals surface area contributed by atoms with Gasteiger partial charge >= 0.3 is 0 Å². The third kappa shape index (κ3) is 5.88. The first-order valence-corrected chi connectivity index (χ1v) is 10.4. The number of rotatable bonds is 4. The van der Waals surface area contributed by atoms with Crippen molar-refractivity contribution in [3.05, 3.63) is 29.3 Å². The van der Waals surface area contributed by atoms with E-state index in [0.717, 1.165) is 55.7 Å². The van der Waals surface area contributed by atoms with Crippen LogP contribution in [0.25, 0.3) is 10.9 Å². The van der Waals surface area contributed by atoms with Crippen molar-refractivity contribution >= 4 is 64.7 Å². The highest BCUT2D eigenvalue weighted by Gasteiger charge is 2.19. The van der Waals surface area contributed by atoms with Gasteiger partial charge in [0.15, 0.2) is 0 Å². The summed E-state index contributed by atoms with van der Waals surface area (Å²) in [6.07, 6.45) is 6.68. The van der Waals surface area contributed by atoms with E-state index in [1.807, 2.05) is 24.3 Å². The molecule has 0 bridgehead atoms. The first kappa shape index (κ1) is 24.0. The average molecular weight is 460 g/mol. The molecular weight excluding hydrogens is 431 g/mol.